The predicted octanol–water partition coefficient (Wildman–Crippen LogP) is 5.08. The second-order valence-corrected chi connectivity index (χ2v) is 7.71. The first kappa shape index (κ1) is 25.3. The van der Waals surface area contributed by atoms with Gasteiger partial charge in [-0.25, -0.2) is 9.59 Å². The first-order valence-corrected chi connectivity index (χ1v) is 11.0. The fourth-order valence-electron chi connectivity index (χ4n) is 3.32. The van der Waals surface area contributed by atoms with E-state index < -0.39 is 22.3 Å². The van der Waals surface area contributed by atoms with Crippen LogP contribution in [0.25, 0.3) is 11.0 Å². The molecule has 1 heterocycles. The van der Waals surface area contributed by atoms with Crippen LogP contribution in [-0.2, 0) is 4.84 Å². The summed E-state index contributed by atoms with van der Waals surface area (Å²) >= 11 is 0. The maximum absolute atomic E-state index is 13.2. The number of hydrogen-bond donors (Lipinski definition) is 0. The van der Waals surface area contributed by atoms with Gasteiger partial charge >= 0.3 is 11.6 Å². The van der Waals surface area contributed by atoms with Gasteiger partial charge in [-0.15, -0.1) is 0 Å². The number of benzene rings is 2. The Morgan fingerprint density at radius 3 is 2.46 bits per heavy atom. The van der Waals surface area contributed by atoms with E-state index in [-0.39, 0.29) is 34.5 Å². The van der Waals surface area contributed by atoms with E-state index in [0.29, 0.717) is 17.6 Å². The molecule has 0 aliphatic heterocycles. The molecule has 10 nitrogen and oxygen atoms in total. The summed E-state index contributed by atoms with van der Waals surface area (Å²) in [6.07, 6.45) is 3.54. The molecule has 35 heavy (non-hydrogen) atoms. The van der Waals surface area contributed by atoms with Crippen molar-refractivity contribution in [1.82, 2.24) is 0 Å². The number of ketones is 1. The number of ether oxygens (including phenoxy) is 1. The van der Waals surface area contributed by atoms with Gasteiger partial charge in [0.2, 0.25) is 5.78 Å². The Hall–Kier alpha value is -4.34. The van der Waals surface area contributed by atoms with E-state index in [0.717, 1.165) is 31.4 Å². The maximum Gasteiger partial charge on any atom is 0.365 e. The van der Waals surface area contributed by atoms with Crippen LogP contribution >= 0.6 is 0 Å². The quantitative estimate of drug-likeness (QED) is 0.0704. The van der Waals surface area contributed by atoms with Crippen LogP contribution in [0.3, 0.4) is 0 Å². The zero-order chi connectivity index (χ0) is 25.4. The summed E-state index contributed by atoms with van der Waals surface area (Å²) in [7, 11) is 1.48. The minimum absolute atomic E-state index is 0.0244. The molecule has 0 spiro atoms. The molecule has 0 fully saturated rings. The van der Waals surface area contributed by atoms with Gasteiger partial charge in [0.1, 0.15) is 22.6 Å². The number of methoxy groups -OCH3 is 1. The van der Waals surface area contributed by atoms with E-state index in [9.17, 15) is 24.5 Å². The molecule has 3 aromatic rings. The van der Waals surface area contributed by atoms with Crippen molar-refractivity contribution in [3.8, 4) is 5.75 Å². The van der Waals surface area contributed by atoms with Crippen LogP contribution in [0.15, 0.2) is 62.9 Å². The molecule has 0 radical (unpaired) electrons. The number of non-ortho nitro benzene ring substituents is 1. The third kappa shape index (κ3) is 6.38. The molecule has 2 aromatic carbocycles. The molecule has 0 amide bonds. The number of nitro benzene ring substituents is 1. The molecule has 0 saturated carbocycles. The lowest BCUT2D eigenvalue weighted by Crippen LogP contribution is -2.22. The van der Waals surface area contributed by atoms with Crippen molar-refractivity contribution in [2.45, 2.75) is 39.0 Å². The van der Waals surface area contributed by atoms with Crippen LogP contribution < -0.4 is 10.4 Å². The zero-order valence-electron chi connectivity index (χ0n) is 19.3. The average molecular weight is 480 g/mol. The number of fused-ring (bicyclic) bond motifs is 1. The van der Waals surface area contributed by atoms with Gasteiger partial charge in [0, 0.05) is 23.6 Å². The van der Waals surface area contributed by atoms with Gasteiger partial charge in [-0.05, 0) is 43.2 Å². The van der Waals surface area contributed by atoms with Crippen LogP contribution in [0, 0.1) is 10.1 Å². The smallest absolute Gasteiger partial charge is 0.365 e. The van der Waals surface area contributed by atoms with E-state index in [1.807, 2.05) is 6.92 Å². The summed E-state index contributed by atoms with van der Waals surface area (Å²) in [6.45, 7) is 2.04. The van der Waals surface area contributed by atoms with E-state index in [4.69, 9.17) is 14.0 Å². The lowest BCUT2D eigenvalue weighted by atomic mass is 10.0. The Balaban J connectivity index is 1.87. The Bertz CT molecular complexity index is 1330. The Morgan fingerprint density at radius 1 is 1.06 bits per heavy atom. The largest absolute Gasteiger partial charge is 0.497 e. The lowest BCUT2D eigenvalue weighted by Gasteiger charge is -2.07. The number of unbranched alkanes of at least 4 members (excludes halogenated alkanes) is 3. The molecule has 182 valence electrons. The molecule has 0 saturated heterocycles. The highest BCUT2D eigenvalue weighted by molar-refractivity contribution is 6.46. The van der Waals surface area contributed by atoms with Crippen LogP contribution in [0.4, 0.5) is 5.69 Å². The number of carbonyl (C=O) groups excluding carboxylic acids is 2. The van der Waals surface area contributed by atoms with E-state index >= 15 is 0 Å². The van der Waals surface area contributed by atoms with Crippen molar-refractivity contribution in [2.75, 3.05) is 7.11 Å². The normalized spacial score (nSPS) is 11.3. The first-order valence-electron chi connectivity index (χ1n) is 11.0. The molecule has 0 aliphatic carbocycles. The molecular weight excluding hydrogens is 456 g/mol. The highest BCUT2D eigenvalue weighted by Gasteiger charge is 2.21. The van der Waals surface area contributed by atoms with Crippen molar-refractivity contribution < 1.29 is 28.5 Å². The Kier molecular flexibility index (Phi) is 8.44. The first-order chi connectivity index (χ1) is 16.8. The predicted molar refractivity (Wildman–Crippen MR) is 128 cm³/mol. The molecule has 1 aromatic heterocycles. The maximum atomic E-state index is 13.2. The average Bonchev–Trinajstić information content (AvgIpc) is 2.87. The highest BCUT2D eigenvalue weighted by Crippen LogP contribution is 2.21. The second kappa shape index (κ2) is 11.7. The fourth-order valence-corrected chi connectivity index (χ4v) is 3.32. The Labute approximate surface area is 200 Å². The molecule has 0 N–H and O–H groups in total. The van der Waals surface area contributed by atoms with Crippen molar-refractivity contribution in [3.05, 3.63) is 80.2 Å². The summed E-state index contributed by atoms with van der Waals surface area (Å²) < 4.78 is 10.4. The van der Waals surface area contributed by atoms with Crippen LogP contribution in [-0.4, -0.2) is 29.5 Å². The van der Waals surface area contributed by atoms with Gasteiger partial charge in [-0.3, -0.25) is 14.9 Å². The van der Waals surface area contributed by atoms with Crippen molar-refractivity contribution in [2.24, 2.45) is 5.16 Å². The van der Waals surface area contributed by atoms with Gasteiger partial charge in [-0.2, -0.15) is 0 Å². The van der Waals surface area contributed by atoms with E-state index in [1.165, 1.54) is 31.4 Å². The van der Waals surface area contributed by atoms with Crippen LogP contribution in [0.1, 0.15) is 59.7 Å². The topological polar surface area (TPSA) is 138 Å². The van der Waals surface area contributed by atoms with Crippen molar-refractivity contribution in [1.29, 1.82) is 0 Å². The molecular formula is C25H24N2O8. The molecule has 0 unspecified atom stereocenters. The number of hydrogen-bond acceptors (Lipinski definition) is 9. The summed E-state index contributed by atoms with van der Waals surface area (Å²) in [5.41, 5.74) is -1.08. The van der Waals surface area contributed by atoms with E-state index in [1.54, 1.807) is 12.1 Å². The third-order valence-corrected chi connectivity index (χ3v) is 5.27. The van der Waals surface area contributed by atoms with Crippen LogP contribution in [0.2, 0.25) is 0 Å². The summed E-state index contributed by atoms with van der Waals surface area (Å²) in [5, 5.41) is 15.1. The summed E-state index contributed by atoms with van der Waals surface area (Å²) in [6, 6.07) is 11.0. The number of carbonyl (C=O) groups is 2. The standard InChI is InChI=1S/C25H24N2O8/c1-3-4-5-6-7-21(26-35-24(29)16-8-11-18(12-9-16)27(31)32)23(28)20-14-17-10-13-19(33-2)15-22(17)34-25(20)30/h8-15H,3-7H2,1-2H3/b26-21+. The SMILES string of the molecule is CCCCCC/C(=N\OC(=O)c1ccc([N+](=O)[O-])cc1)C(=O)c1cc2ccc(OC)cc2oc1=O. The molecule has 3 rings (SSSR count). The number of rotatable bonds is 11. The van der Waals surface area contributed by atoms with Gasteiger partial charge in [-0.1, -0.05) is 31.3 Å². The number of Topliss-reactive ketones (excluding diaryl/α,β-unsaturated/α-hetero) is 1. The number of nitro groups is 1. The number of oxime groups is 1. The van der Waals surface area contributed by atoms with E-state index in [2.05, 4.69) is 5.16 Å². The van der Waals surface area contributed by atoms with Crippen LogP contribution in [0.5, 0.6) is 5.75 Å². The van der Waals surface area contributed by atoms with Gasteiger partial charge in [0.15, 0.2) is 0 Å². The second-order valence-electron chi connectivity index (χ2n) is 7.71. The molecule has 0 bridgehead atoms. The molecule has 10 heteroatoms. The fraction of sp³-hybridized carbons (Fsp3) is 0.280. The summed E-state index contributed by atoms with van der Waals surface area (Å²) in [5.74, 6) is -1.10. The minimum Gasteiger partial charge on any atom is -0.497 e. The number of nitrogens with zero attached hydrogens (tertiary/aromatic N) is 2. The van der Waals surface area contributed by atoms with Gasteiger partial charge in [0.05, 0.1) is 17.6 Å². The van der Waals surface area contributed by atoms with Gasteiger partial charge < -0.3 is 14.0 Å². The lowest BCUT2D eigenvalue weighted by molar-refractivity contribution is -0.384. The van der Waals surface area contributed by atoms with Crippen molar-refractivity contribution in [3.63, 3.8) is 0 Å². The highest BCUT2D eigenvalue weighted by atomic mass is 16.7. The minimum atomic E-state index is -0.892. The zero-order valence-corrected chi connectivity index (χ0v) is 19.3. The van der Waals surface area contributed by atoms with Gasteiger partial charge in [0.25, 0.3) is 5.69 Å². The molecule has 0 aliphatic rings. The molecule has 0 atom stereocenters. The summed E-state index contributed by atoms with van der Waals surface area (Å²) in [4.78, 5) is 53.3. The monoisotopic (exact) mass is 480 g/mol. The van der Waals surface area contributed by atoms with Crippen molar-refractivity contribution >= 4 is 34.1 Å². The third-order valence-electron chi connectivity index (χ3n) is 5.27. The Morgan fingerprint density at radius 2 is 1.80 bits per heavy atom.